The average Bonchev–Trinajstić information content (AvgIpc) is 3.52. The first kappa shape index (κ1) is 35.6. The molecule has 0 bridgehead atoms. The molecule has 2 aromatic carbocycles. The van der Waals surface area contributed by atoms with Crippen molar-refractivity contribution in [3.63, 3.8) is 0 Å². The number of carbonyl (C=O) groups excluding carboxylic acids is 3. The van der Waals surface area contributed by atoms with Crippen LogP contribution >= 0.6 is 0 Å². The van der Waals surface area contributed by atoms with Crippen molar-refractivity contribution in [3.8, 4) is 11.5 Å². The number of nitrogens with zero attached hydrogens (tertiary/aromatic N) is 4. The Balaban J connectivity index is 0.000000146. The number of nitrogens with two attached hydrogens (primary N) is 3. The van der Waals surface area contributed by atoms with Gasteiger partial charge in [0.1, 0.15) is 42.9 Å². The van der Waals surface area contributed by atoms with Crippen LogP contribution in [0.3, 0.4) is 0 Å². The Bertz CT molecular complexity index is 1650. The lowest BCUT2D eigenvalue weighted by atomic mass is 10.1. The minimum absolute atomic E-state index is 0.0708. The Morgan fingerprint density at radius 3 is 2.47 bits per heavy atom. The van der Waals surface area contributed by atoms with Crippen molar-refractivity contribution < 1.29 is 33.0 Å². The summed E-state index contributed by atoms with van der Waals surface area (Å²) in [5.41, 5.74) is 21.1. The summed E-state index contributed by atoms with van der Waals surface area (Å²) in [7, 11) is 3.25. The van der Waals surface area contributed by atoms with Crippen LogP contribution in [0, 0.1) is 5.82 Å². The lowest BCUT2D eigenvalue weighted by Crippen LogP contribution is -2.43. The number of hydrogen-bond donors (Lipinski definition) is 4. The zero-order chi connectivity index (χ0) is 35.1. The van der Waals surface area contributed by atoms with Gasteiger partial charge in [0.15, 0.2) is 0 Å². The van der Waals surface area contributed by atoms with Crippen LogP contribution in [0.25, 0.3) is 0 Å². The summed E-state index contributed by atoms with van der Waals surface area (Å²) >= 11 is 0. The summed E-state index contributed by atoms with van der Waals surface area (Å²) in [6.45, 7) is 1.50. The third-order valence-corrected chi connectivity index (χ3v) is 8.68. The molecule has 3 aromatic rings. The molecule has 14 nitrogen and oxygen atoms in total. The summed E-state index contributed by atoms with van der Waals surface area (Å²) in [6, 6.07) is 8.29. The molecule has 4 atom stereocenters. The standard InChI is InChI=1S/C15H20N2O3.C10H11FN2O2.C9H12N4O/c16-13-6-4-10-3-5-11(8-14(10)17-15(13)18)20-9-12-2-1-7-19-12;1-13-8-4-6(11)2-3-9(8)15-5-7(12)10(13)14;1-13-8-4-11-5-12-7(8)3-2-6(10)9(13)14/h3,5,8,12-13H,1-2,4,6-7,9,16H2,(H,17,18);2-4,7H,5,12H2,1H3;4-6H,2-3,10H2,1H3/t12?,13-;7-;6-/m000/s1. The van der Waals surface area contributed by atoms with E-state index in [4.69, 9.17) is 31.4 Å². The smallest absolute Gasteiger partial charge is 0.247 e. The van der Waals surface area contributed by atoms with E-state index in [0.29, 0.717) is 30.9 Å². The molecule has 4 aliphatic rings. The minimum Gasteiger partial charge on any atom is -0.491 e. The highest BCUT2D eigenvalue weighted by atomic mass is 19.1. The second-order valence-corrected chi connectivity index (χ2v) is 12.2. The molecule has 1 aromatic heterocycles. The SMILES string of the molecule is CN1C(=O)[C@@H](N)CCc2ncncc21.CN1C(=O)[C@@H](N)COc2ccc(F)cc21.N[C@H]1CCc2ccc(OCC3CCCO3)cc2NC1=O. The number of amides is 3. The van der Waals surface area contributed by atoms with Gasteiger partial charge in [-0.25, -0.2) is 14.4 Å². The molecular formula is C34H43FN8O6. The van der Waals surface area contributed by atoms with Crippen LogP contribution in [0.15, 0.2) is 48.9 Å². The quantitative estimate of drug-likeness (QED) is 0.314. The van der Waals surface area contributed by atoms with Gasteiger partial charge in [0.2, 0.25) is 17.7 Å². The second kappa shape index (κ2) is 16.1. The van der Waals surface area contributed by atoms with E-state index in [1.54, 1.807) is 20.3 Å². The van der Waals surface area contributed by atoms with Gasteiger partial charge < -0.3 is 46.5 Å². The number of fused-ring (bicyclic) bond motifs is 3. The molecule has 49 heavy (non-hydrogen) atoms. The molecule has 0 radical (unpaired) electrons. The fourth-order valence-corrected chi connectivity index (χ4v) is 5.71. The molecule has 15 heteroatoms. The van der Waals surface area contributed by atoms with Crippen LogP contribution in [0.5, 0.6) is 11.5 Å². The first-order valence-corrected chi connectivity index (χ1v) is 16.2. The van der Waals surface area contributed by atoms with Crippen molar-refractivity contribution in [2.24, 2.45) is 17.2 Å². The lowest BCUT2D eigenvalue weighted by molar-refractivity contribution is -0.120. The highest BCUT2D eigenvalue weighted by Gasteiger charge is 2.27. The molecule has 0 saturated carbocycles. The number of carbonyl (C=O) groups is 3. The fraction of sp³-hybridized carbons (Fsp3) is 0.441. The monoisotopic (exact) mass is 678 g/mol. The molecular weight excluding hydrogens is 635 g/mol. The number of likely N-dealkylation sites (N-methyl/N-ethyl adjacent to an activating group) is 2. The van der Waals surface area contributed by atoms with Crippen LogP contribution in [0.4, 0.5) is 21.5 Å². The van der Waals surface area contributed by atoms with Gasteiger partial charge in [0, 0.05) is 38.5 Å². The maximum atomic E-state index is 13.0. The molecule has 1 fully saturated rings. The molecule has 1 unspecified atom stereocenters. The van der Waals surface area contributed by atoms with E-state index >= 15 is 0 Å². The van der Waals surface area contributed by atoms with E-state index in [0.717, 1.165) is 60.7 Å². The zero-order valence-electron chi connectivity index (χ0n) is 27.6. The summed E-state index contributed by atoms with van der Waals surface area (Å²) in [5, 5.41) is 2.87. The van der Waals surface area contributed by atoms with E-state index in [-0.39, 0.29) is 30.4 Å². The molecule has 3 amide bonds. The van der Waals surface area contributed by atoms with Gasteiger partial charge in [-0.15, -0.1) is 0 Å². The Labute approximate surface area is 284 Å². The summed E-state index contributed by atoms with van der Waals surface area (Å²) in [5.74, 6) is 0.348. The van der Waals surface area contributed by atoms with Gasteiger partial charge in [0.25, 0.3) is 0 Å². The van der Waals surface area contributed by atoms with Gasteiger partial charge in [-0.3, -0.25) is 14.4 Å². The number of ether oxygens (including phenoxy) is 3. The predicted octanol–water partition coefficient (Wildman–Crippen LogP) is 1.68. The van der Waals surface area contributed by atoms with E-state index in [2.05, 4.69) is 15.3 Å². The van der Waals surface area contributed by atoms with Gasteiger partial charge in [-0.2, -0.15) is 0 Å². The van der Waals surface area contributed by atoms with E-state index in [9.17, 15) is 18.8 Å². The number of hydrogen-bond acceptors (Lipinski definition) is 11. The number of aromatic nitrogens is 2. The summed E-state index contributed by atoms with van der Waals surface area (Å²) < 4.78 is 29.6. The van der Waals surface area contributed by atoms with Crippen LogP contribution in [-0.4, -0.2) is 85.8 Å². The molecule has 5 heterocycles. The average molecular weight is 679 g/mol. The van der Waals surface area contributed by atoms with Crippen molar-refractivity contribution in [1.82, 2.24) is 9.97 Å². The van der Waals surface area contributed by atoms with Crippen molar-refractivity contribution in [2.45, 2.75) is 62.8 Å². The van der Waals surface area contributed by atoms with Crippen molar-refractivity contribution in [2.75, 3.05) is 49.0 Å². The normalized spacial score (nSPS) is 23.0. The number of benzene rings is 2. The van der Waals surface area contributed by atoms with Crippen molar-refractivity contribution in [3.05, 3.63) is 66.0 Å². The lowest BCUT2D eigenvalue weighted by Gasteiger charge is -2.17. The van der Waals surface area contributed by atoms with Crippen LogP contribution in [-0.2, 0) is 32.0 Å². The Morgan fingerprint density at radius 2 is 1.69 bits per heavy atom. The summed E-state index contributed by atoms with van der Waals surface area (Å²) in [4.78, 5) is 45.9. The number of rotatable bonds is 3. The molecule has 0 spiro atoms. The molecule has 7 N–H and O–H groups in total. The Morgan fingerprint density at radius 1 is 0.939 bits per heavy atom. The van der Waals surface area contributed by atoms with Crippen LogP contribution in [0.2, 0.25) is 0 Å². The highest BCUT2D eigenvalue weighted by Crippen LogP contribution is 2.31. The summed E-state index contributed by atoms with van der Waals surface area (Å²) in [6.07, 6.45) is 8.35. The minimum atomic E-state index is -0.703. The highest BCUT2D eigenvalue weighted by molar-refractivity contribution is 5.99. The van der Waals surface area contributed by atoms with Gasteiger partial charge >= 0.3 is 0 Å². The van der Waals surface area contributed by atoms with Crippen LogP contribution in [0.1, 0.15) is 36.9 Å². The molecule has 1 saturated heterocycles. The van der Waals surface area contributed by atoms with Crippen LogP contribution < -0.4 is 41.8 Å². The predicted molar refractivity (Wildman–Crippen MR) is 181 cm³/mol. The Kier molecular flexibility index (Phi) is 11.7. The van der Waals surface area contributed by atoms with Gasteiger partial charge in [0.05, 0.1) is 41.5 Å². The number of halogens is 1. The number of aryl methyl sites for hydroxylation is 2. The second-order valence-electron chi connectivity index (χ2n) is 12.2. The maximum Gasteiger partial charge on any atom is 0.247 e. The molecule has 262 valence electrons. The van der Waals surface area contributed by atoms with Gasteiger partial charge in [-0.05, 0) is 62.3 Å². The first-order chi connectivity index (χ1) is 23.5. The van der Waals surface area contributed by atoms with Gasteiger partial charge in [-0.1, -0.05) is 6.07 Å². The molecule has 7 rings (SSSR count). The first-order valence-electron chi connectivity index (χ1n) is 16.2. The number of nitrogens with one attached hydrogen (secondary N) is 1. The third kappa shape index (κ3) is 8.86. The van der Waals surface area contributed by atoms with E-state index in [1.807, 2.05) is 18.2 Å². The fourth-order valence-electron chi connectivity index (χ4n) is 5.71. The molecule has 0 aliphatic carbocycles. The van der Waals surface area contributed by atoms with E-state index in [1.165, 1.54) is 34.3 Å². The molecule has 4 aliphatic heterocycles. The topological polar surface area (TPSA) is 201 Å². The maximum absolute atomic E-state index is 13.0. The largest absolute Gasteiger partial charge is 0.491 e. The zero-order valence-corrected chi connectivity index (χ0v) is 27.6. The van der Waals surface area contributed by atoms with E-state index < -0.39 is 23.9 Å². The third-order valence-electron chi connectivity index (χ3n) is 8.68. The van der Waals surface area contributed by atoms with Crippen molar-refractivity contribution >= 4 is 34.8 Å². The number of anilines is 3. The van der Waals surface area contributed by atoms with Crippen molar-refractivity contribution in [1.29, 1.82) is 0 Å². The Hall–Kier alpha value is -4.70.